The largest absolute Gasteiger partial charge is 0.347 e. The van der Waals surface area contributed by atoms with Crippen LogP contribution in [0.25, 0.3) is 0 Å². The van der Waals surface area contributed by atoms with Gasteiger partial charge in [0.2, 0.25) is 0 Å². The van der Waals surface area contributed by atoms with Gasteiger partial charge in [-0.1, -0.05) is 13.8 Å². The molecule has 1 aliphatic rings. The zero-order chi connectivity index (χ0) is 12.8. The molecule has 2 atom stereocenters. The molecule has 1 aromatic heterocycles. The van der Waals surface area contributed by atoms with Crippen LogP contribution in [-0.2, 0) is 7.05 Å². The van der Waals surface area contributed by atoms with Gasteiger partial charge in [0.1, 0.15) is 5.69 Å². The average molecular weight is 236 g/mol. The molecule has 0 spiro atoms. The molecule has 0 saturated heterocycles. The van der Waals surface area contributed by atoms with Gasteiger partial charge in [-0.05, 0) is 19.4 Å². The van der Waals surface area contributed by atoms with E-state index in [0.717, 1.165) is 12.1 Å². The van der Waals surface area contributed by atoms with Gasteiger partial charge in [-0.25, -0.2) is 0 Å². The van der Waals surface area contributed by atoms with Crippen molar-refractivity contribution in [3.05, 3.63) is 17.5 Å². The Kier molecular flexibility index (Phi) is 2.73. The molecule has 0 aromatic carbocycles. The number of amides is 1. The minimum absolute atomic E-state index is 0.0245. The van der Waals surface area contributed by atoms with Crippen molar-refractivity contribution in [2.45, 2.75) is 39.3 Å². The van der Waals surface area contributed by atoms with Gasteiger partial charge in [-0.15, -0.1) is 0 Å². The zero-order valence-corrected chi connectivity index (χ0v) is 10.8. The molecular formula is C12H20N4O. The molecule has 0 bridgehead atoms. The van der Waals surface area contributed by atoms with Crippen molar-refractivity contribution in [3.8, 4) is 0 Å². The van der Waals surface area contributed by atoms with Crippen molar-refractivity contribution >= 4 is 5.91 Å². The summed E-state index contributed by atoms with van der Waals surface area (Å²) in [6.07, 6.45) is 0.843. The van der Waals surface area contributed by atoms with Crippen LogP contribution in [0, 0.1) is 12.3 Å². The number of aromatic nitrogens is 2. The molecule has 1 amide bonds. The minimum atomic E-state index is -0.0712. The maximum atomic E-state index is 12.1. The standard InChI is InChI=1S/C12H20N4O/c1-7-5-8(16(4)15-7)11(17)14-10-6-9(13)12(10,2)3/h5,9-10H,6,13H2,1-4H3,(H,14,17). The van der Waals surface area contributed by atoms with Crippen LogP contribution < -0.4 is 11.1 Å². The summed E-state index contributed by atoms with van der Waals surface area (Å²) in [5, 5.41) is 7.19. The van der Waals surface area contributed by atoms with Gasteiger partial charge in [0, 0.05) is 24.5 Å². The molecule has 0 radical (unpaired) electrons. The number of nitrogens with zero attached hydrogens (tertiary/aromatic N) is 2. The van der Waals surface area contributed by atoms with Crippen molar-refractivity contribution in [2.24, 2.45) is 18.2 Å². The Bertz CT molecular complexity index is 449. The Hall–Kier alpha value is -1.36. The molecule has 3 N–H and O–H groups in total. The van der Waals surface area contributed by atoms with E-state index in [-0.39, 0.29) is 23.4 Å². The molecule has 1 heterocycles. The van der Waals surface area contributed by atoms with Crippen molar-refractivity contribution in [1.29, 1.82) is 0 Å². The Morgan fingerprint density at radius 2 is 2.29 bits per heavy atom. The van der Waals surface area contributed by atoms with E-state index >= 15 is 0 Å². The predicted molar refractivity (Wildman–Crippen MR) is 65.6 cm³/mol. The molecule has 2 rings (SSSR count). The molecule has 1 fully saturated rings. The number of carbonyl (C=O) groups is 1. The van der Waals surface area contributed by atoms with Crippen molar-refractivity contribution in [1.82, 2.24) is 15.1 Å². The number of aryl methyl sites for hydroxylation is 2. The van der Waals surface area contributed by atoms with Crippen LogP contribution in [0.15, 0.2) is 6.07 Å². The van der Waals surface area contributed by atoms with Gasteiger partial charge in [-0.2, -0.15) is 5.10 Å². The second-order valence-corrected chi connectivity index (χ2v) is 5.48. The van der Waals surface area contributed by atoms with Crippen LogP contribution in [0.4, 0.5) is 0 Å². The SMILES string of the molecule is Cc1cc(C(=O)NC2CC(N)C2(C)C)n(C)n1. The highest BCUT2D eigenvalue weighted by atomic mass is 16.2. The summed E-state index contributed by atoms with van der Waals surface area (Å²) >= 11 is 0. The number of hydrogen-bond donors (Lipinski definition) is 2. The molecule has 5 nitrogen and oxygen atoms in total. The van der Waals surface area contributed by atoms with Crippen molar-refractivity contribution < 1.29 is 4.79 Å². The topological polar surface area (TPSA) is 72.9 Å². The summed E-state index contributed by atoms with van der Waals surface area (Å²) in [5.41, 5.74) is 7.35. The summed E-state index contributed by atoms with van der Waals surface area (Å²) in [4.78, 5) is 12.1. The van der Waals surface area contributed by atoms with Gasteiger partial charge < -0.3 is 11.1 Å². The molecule has 1 saturated carbocycles. The number of nitrogens with two attached hydrogens (primary N) is 1. The van der Waals surface area contributed by atoms with E-state index in [0.29, 0.717) is 5.69 Å². The number of hydrogen-bond acceptors (Lipinski definition) is 3. The third-order valence-corrected chi connectivity index (χ3v) is 3.88. The third-order valence-electron chi connectivity index (χ3n) is 3.88. The van der Waals surface area contributed by atoms with E-state index in [1.807, 2.05) is 6.92 Å². The van der Waals surface area contributed by atoms with Gasteiger partial charge in [0.25, 0.3) is 5.91 Å². The maximum Gasteiger partial charge on any atom is 0.269 e. The highest BCUT2D eigenvalue weighted by molar-refractivity contribution is 5.93. The smallest absolute Gasteiger partial charge is 0.269 e. The fourth-order valence-corrected chi connectivity index (χ4v) is 2.26. The van der Waals surface area contributed by atoms with Crippen LogP contribution in [0.5, 0.6) is 0 Å². The van der Waals surface area contributed by atoms with Crippen LogP contribution in [-0.4, -0.2) is 27.8 Å². The lowest BCUT2D eigenvalue weighted by molar-refractivity contribution is 0.0580. The molecule has 1 aromatic rings. The lowest BCUT2D eigenvalue weighted by Crippen LogP contribution is -2.64. The molecule has 2 unspecified atom stereocenters. The van der Waals surface area contributed by atoms with Crippen LogP contribution in [0.2, 0.25) is 0 Å². The first-order valence-electron chi connectivity index (χ1n) is 5.89. The zero-order valence-electron chi connectivity index (χ0n) is 10.8. The summed E-state index contributed by atoms with van der Waals surface area (Å²) in [7, 11) is 1.78. The van der Waals surface area contributed by atoms with Gasteiger partial charge in [-0.3, -0.25) is 9.48 Å². The van der Waals surface area contributed by atoms with Crippen LogP contribution in [0.1, 0.15) is 36.5 Å². The lowest BCUT2D eigenvalue weighted by Gasteiger charge is -2.50. The number of nitrogens with one attached hydrogen (secondary N) is 1. The minimum Gasteiger partial charge on any atom is -0.347 e. The fraction of sp³-hybridized carbons (Fsp3) is 0.667. The van der Waals surface area contributed by atoms with E-state index in [2.05, 4.69) is 24.3 Å². The maximum absolute atomic E-state index is 12.1. The molecule has 94 valence electrons. The molecule has 0 aliphatic heterocycles. The molecular weight excluding hydrogens is 216 g/mol. The second-order valence-electron chi connectivity index (χ2n) is 5.48. The Morgan fingerprint density at radius 1 is 1.65 bits per heavy atom. The number of carbonyl (C=O) groups excluding carboxylic acids is 1. The Labute approximate surface area is 101 Å². The van der Waals surface area contributed by atoms with Crippen molar-refractivity contribution in [3.63, 3.8) is 0 Å². The Balaban J connectivity index is 2.06. The monoisotopic (exact) mass is 236 g/mol. The van der Waals surface area contributed by atoms with Crippen LogP contribution in [0.3, 0.4) is 0 Å². The quantitative estimate of drug-likeness (QED) is 0.789. The normalized spacial score (nSPS) is 26.4. The fourth-order valence-electron chi connectivity index (χ4n) is 2.26. The van der Waals surface area contributed by atoms with E-state index in [1.165, 1.54) is 0 Å². The highest BCUT2D eigenvalue weighted by Gasteiger charge is 2.46. The average Bonchev–Trinajstić information content (AvgIpc) is 2.57. The van der Waals surface area contributed by atoms with E-state index in [4.69, 9.17) is 5.73 Å². The first kappa shape index (κ1) is 12.1. The molecule has 1 aliphatic carbocycles. The van der Waals surface area contributed by atoms with E-state index in [9.17, 15) is 4.79 Å². The van der Waals surface area contributed by atoms with Crippen LogP contribution >= 0.6 is 0 Å². The summed E-state index contributed by atoms with van der Waals surface area (Å²) < 4.78 is 1.61. The van der Waals surface area contributed by atoms with Gasteiger partial charge in [0.15, 0.2) is 0 Å². The van der Waals surface area contributed by atoms with Crippen molar-refractivity contribution in [2.75, 3.05) is 0 Å². The summed E-state index contributed by atoms with van der Waals surface area (Å²) in [5.74, 6) is -0.0712. The summed E-state index contributed by atoms with van der Waals surface area (Å²) in [6.45, 7) is 6.04. The van der Waals surface area contributed by atoms with Gasteiger partial charge in [0.05, 0.1) is 5.69 Å². The summed E-state index contributed by atoms with van der Waals surface area (Å²) in [6, 6.07) is 2.11. The third kappa shape index (κ3) is 1.95. The second kappa shape index (κ2) is 3.84. The Morgan fingerprint density at radius 3 is 2.71 bits per heavy atom. The van der Waals surface area contributed by atoms with Gasteiger partial charge >= 0.3 is 0 Å². The van der Waals surface area contributed by atoms with E-state index < -0.39 is 0 Å². The van der Waals surface area contributed by atoms with E-state index in [1.54, 1.807) is 17.8 Å². The first-order chi connectivity index (χ1) is 7.82. The number of rotatable bonds is 2. The highest BCUT2D eigenvalue weighted by Crippen LogP contribution is 2.39. The first-order valence-corrected chi connectivity index (χ1v) is 5.89. The molecule has 5 heteroatoms. The molecule has 17 heavy (non-hydrogen) atoms. The predicted octanol–water partition coefficient (Wildman–Crippen LogP) is 0.584. The lowest BCUT2D eigenvalue weighted by atomic mass is 9.63.